The molecule has 2 aromatic carbocycles. The van der Waals surface area contributed by atoms with E-state index in [-0.39, 0.29) is 27.5 Å². The summed E-state index contributed by atoms with van der Waals surface area (Å²) in [5.74, 6) is 0.255. The molecule has 3 N–H and O–H groups in total. The normalized spacial score (nSPS) is 12.3. The minimum absolute atomic E-state index is 0.0600. The molecule has 9 heteroatoms. The number of benzene rings is 2. The number of amides is 2. The van der Waals surface area contributed by atoms with E-state index in [9.17, 15) is 13.2 Å². The lowest BCUT2D eigenvalue weighted by Crippen LogP contribution is -2.35. The largest absolute Gasteiger partial charge is 0.411 e. The summed E-state index contributed by atoms with van der Waals surface area (Å²) >= 11 is 6.05. The van der Waals surface area contributed by atoms with E-state index in [0.29, 0.717) is 11.3 Å². The zero-order chi connectivity index (χ0) is 22.6. The van der Waals surface area contributed by atoms with E-state index in [1.54, 1.807) is 0 Å². The van der Waals surface area contributed by atoms with E-state index in [1.807, 2.05) is 50.6 Å². The molecule has 0 saturated carbocycles. The molecule has 0 saturated heterocycles. The van der Waals surface area contributed by atoms with Crippen LogP contribution in [0.4, 0.5) is 10.5 Å². The van der Waals surface area contributed by atoms with Crippen LogP contribution in [-0.2, 0) is 10.0 Å². The second-order valence-corrected chi connectivity index (χ2v) is 9.57. The summed E-state index contributed by atoms with van der Waals surface area (Å²) in [7, 11) is -4.27. The van der Waals surface area contributed by atoms with Crippen molar-refractivity contribution in [3.8, 4) is 0 Å². The molecule has 0 unspecified atom stereocenters. The topological polar surface area (TPSA) is 108 Å². The number of oxime groups is 1. The van der Waals surface area contributed by atoms with E-state index in [0.717, 1.165) is 11.1 Å². The van der Waals surface area contributed by atoms with E-state index in [1.165, 1.54) is 25.1 Å². The summed E-state index contributed by atoms with van der Waals surface area (Å²) in [6.07, 6.45) is 0. The summed E-state index contributed by atoms with van der Waals surface area (Å²) in [6, 6.07) is 8.96. The Morgan fingerprint density at radius 3 is 2.13 bits per heavy atom. The van der Waals surface area contributed by atoms with Gasteiger partial charge in [0.25, 0.3) is 10.0 Å². The zero-order valence-electron chi connectivity index (χ0n) is 17.5. The fraction of sp³-hybridized carbons (Fsp3) is 0.333. The summed E-state index contributed by atoms with van der Waals surface area (Å²) < 4.78 is 27.6. The predicted molar refractivity (Wildman–Crippen MR) is 119 cm³/mol. The van der Waals surface area contributed by atoms with Gasteiger partial charge in [0.15, 0.2) is 0 Å². The molecular weight excluding hydrogens is 426 g/mol. The Hall–Kier alpha value is -2.58. The number of carbonyl (C=O) groups is 1. The fourth-order valence-corrected chi connectivity index (χ4v) is 4.44. The van der Waals surface area contributed by atoms with Gasteiger partial charge in [-0.3, -0.25) is 0 Å². The van der Waals surface area contributed by atoms with Crippen LogP contribution in [0.25, 0.3) is 0 Å². The number of rotatable bonds is 6. The first-order valence-electron chi connectivity index (χ1n) is 9.43. The maximum Gasteiger partial charge on any atom is 0.333 e. The van der Waals surface area contributed by atoms with Crippen LogP contribution in [0.1, 0.15) is 63.1 Å². The second-order valence-electron chi connectivity index (χ2n) is 7.51. The van der Waals surface area contributed by atoms with Crippen molar-refractivity contribution in [2.45, 2.75) is 51.3 Å². The van der Waals surface area contributed by atoms with Gasteiger partial charge in [-0.2, -0.15) is 0 Å². The Balaban J connectivity index is 2.38. The average molecular weight is 452 g/mol. The van der Waals surface area contributed by atoms with Gasteiger partial charge in [-0.25, -0.2) is 17.9 Å². The molecule has 0 aliphatic rings. The molecule has 0 aliphatic carbocycles. The molecule has 0 bridgehead atoms. The first-order valence-corrected chi connectivity index (χ1v) is 11.3. The van der Waals surface area contributed by atoms with E-state index < -0.39 is 16.1 Å². The third-order valence-corrected chi connectivity index (χ3v) is 6.44. The van der Waals surface area contributed by atoms with E-state index in [4.69, 9.17) is 16.8 Å². The third kappa shape index (κ3) is 5.31. The summed E-state index contributed by atoms with van der Waals surface area (Å²) in [6.45, 7) is 9.49. The molecule has 0 heterocycles. The molecule has 7 nitrogen and oxygen atoms in total. The number of sulfonamides is 1. The van der Waals surface area contributed by atoms with Crippen molar-refractivity contribution >= 4 is 39.1 Å². The van der Waals surface area contributed by atoms with Gasteiger partial charge >= 0.3 is 6.03 Å². The van der Waals surface area contributed by atoms with Crippen LogP contribution in [0.2, 0.25) is 5.02 Å². The van der Waals surface area contributed by atoms with E-state index in [2.05, 4.69) is 10.5 Å². The Labute approximate surface area is 182 Å². The molecule has 0 fully saturated rings. The average Bonchev–Trinajstić information content (AvgIpc) is 2.66. The predicted octanol–water partition coefficient (Wildman–Crippen LogP) is 5.30. The molecule has 2 rings (SSSR count). The number of carbonyl (C=O) groups excluding carboxylic acids is 1. The lowest BCUT2D eigenvalue weighted by Gasteiger charge is -2.20. The molecule has 0 aromatic heterocycles. The van der Waals surface area contributed by atoms with Gasteiger partial charge in [0.2, 0.25) is 0 Å². The molecule has 2 aromatic rings. The highest BCUT2D eigenvalue weighted by atomic mass is 35.5. The van der Waals surface area contributed by atoms with Crippen molar-refractivity contribution in [1.82, 2.24) is 4.72 Å². The Morgan fingerprint density at radius 1 is 1.07 bits per heavy atom. The Morgan fingerprint density at radius 2 is 1.63 bits per heavy atom. The number of nitrogens with one attached hydrogen (secondary N) is 2. The fourth-order valence-electron chi connectivity index (χ4n) is 3.00. The zero-order valence-corrected chi connectivity index (χ0v) is 19.1. The standard InChI is InChI=1S/C21H26ClN3O4S/c1-12(2)16-7-6-8-17(13(3)4)20(16)23-21(26)25-30(28,29)19-11-15(14(5)24-27)9-10-18(19)22/h6-13,27H,1-5H3,(H2,23,25,26). The highest BCUT2D eigenvalue weighted by Gasteiger charge is 2.23. The summed E-state index contributed by atoms with van der Waals surface area (Å²) in [5, 5.41) is 14.6. The van der Waals surface area contributed by atoms with Gasteiger partial charge in [0.05, 0.1) is 10.7 Å². The van der Waals surface area contributed by atoms with Crippen LogP contribution >= 0.6 is 11.6 Å². The van der Waals surface area contributed by atoms with Crippen molar-refractivity contribution in [3.05, 3.63) is 58.1 Å². The second kappa shape index (κ2) is 9.49. The van der Waals surface area contributed by atoms with Crippen LogP contribution in [0.5, 0.6) is 0 Å². The quantitative estimate of drug-likeness (QED) is 0.314. The number of urea groups is 1. The number of para-hydroxylation sites is 1. The molecule has 0 spiro atoms. The summed E-state index contributed by atoms with van der Waals surface area (Å²) in [5.41, 5.74) is 2.97. The molecule has 0 radical (unpaired) electrons. The van der Waals surface area contributed by atoms with E-state index >= 15 is 0 Å². The van der Waals surface area contributed by atoms with Crippen molar-refractivity contribution in [2.24, 2.45) is 5.16 Å². The van der Waals surface area contributed by atoms with Crippen molar-refractivity contribution in [3.63, 3.8) is 0 Å². The number of hydrogen-bond acceptors (Lipinski definition) is 5. The number of anilines is 1. The van der Waals surface area contributed by atoms with Crippen molar-refractivity contribution < 1.29 is 18.4 Å². The van der Waals surface area contributed by atoms with Crippen molar-refractivity contribution in [2.75, 3.05) is 5.32 Å². The molecular formula is C21H26ClN3O4S. The first-order chi connectivity index (χ1) is 14.0. The minimum Gasteiger partial charge on any atom is -0.411 e. The van der Waals surface area contributed by atoms with Crippen LogP contribution in [0, 0.1) is 0 Å². The van der Waals surface area contributed by atoms with Gasteiger partial charge in [-0.05, 0) is 42.0 Å². The highest BCUT2D eigenvalue weighted by Crippen LogP contribution is 2.32. The number of hydrogen-bond donors (Lipinski definition) is 3. The SMILES string of the molecule is CC(=NO)c1ccc(Cl)c(S(=O)(=O)NC(=O)Nc2c(C(C)C)cccc2C(C)C)c1. The lowest BCUT2D eigenvalue weighted by atomic mass is 9.93. The van der Waals surface area contributed by atoms with Gasteiger partial charge in [-0.15, -0.1) is 0 Å². The molecule has 2 amide bonds. The minimum atomic E-state index is -4.27. The lowest BCUT2D eigenvalue weighted by molar-refractivity contribution is 0.256. The maximum atomic E-state index is 12.8. The van der Waals surface area contributed by atoms with Crippen LogP contribution in [-0.4, -0.2) is 25.4 Å². The number of nitrogens with zero attached hydrogens (tertiary/aromatic N) is 1. The van der Waals surface area contributed by atoms with Gasteiger partial charge < -0.3 is 10.5 Å². The van der Waals surface area contributed by atoms with Gasteiger partial charge in [-0.1, -0.05) is 68.7 Å². The van der Waals surface area contributed by atoms with Crippen LogP contribution in [0.3, 0.4) is 0 Å². The number of halogens is 1. The summed E-state index contributed by atoms with van der Waals surface area (Å²) in [4.78, 5) is 12.3. The Bertz CT molecular complexity index is 1050. The van der Waals surface area contributed by atoms with Crippen LogP contribution in [0.15, 0.2) is 46.4 Å². The highest BCUT2D eigenvalue weighted by molar-refractivity contribution is 7.90. The molecule has 162 valence electrons. The molecule has 30 heavy (non-hydrogen) atoms. The monoisotopic (exact) mass is 451 g/mol. The Kier molecular flexibility index (Phi) is 7.49. The maximum absolute atomic E-state index is 12.8. The molecule has 0 aliphatic heterocycles. The van der Waals surface area contributed by atoms with Crippen molar-refractivity contribution in [1.29, 1.82) is 0 Å². The first kappa shape index (κ1) is 23.7. The van der Waals surface area contributed by atoms with Gasteiger partial charge in [0, 0.05) is 11.3 Å². The van der Waals surface area contributed by atoms with Gasteiger partial charge in [0.1, 0.15) is 4.90 Å². The third-order valence-electron chi connectivity index (χ3n) is 4.63. The van der Waals surface area contributed by atoms with Crippen LogP contribution < -0.4 is 10.0 Å². The smallest absolute Gasteiger partial charge is 0.333 e. The molecule has 0 atom stereocenters.